The molecule has 2 aromatic rings. The summed E-state index contributed by atoms with van der Waals surface area (Å²) in [5.74, 6) is -1.30. The van der Waals surface area contributed by atoms with Crippen LogP contribution in [0.2, 0.25) is 0 Å². The summed E-state index contributed by atoms with van der Waals surface area (Å²) in [6.45, 7) is 4.11. The number of nitrogens with one attached hydrogen (secondary N) is 1. The highest BCUT2D eigenvalue weighted by Crippen LogP contribution is 2.48. The first kappa shape index (κ1) is 16.2. The zero-order valence-corrected chi connectivity index (χ0v) is 14.0. The van der Waals surface area contributed by atoms with Crippen LogP contribution in [0.1, 0.15) is 40.8 Å². The van der Waals surface area contributed by atoms with Crippen molar-refractivity contribution in [2.24, 2.45) is 13.0 Å². The van der Waals surface area contributed by atoms with Crippen LogP contribution in [0, 0.1) is 19.8 Å². The van der Waals surface area contributed by atoms with E-state index in [1.54, 1.807) is 13.1 Å². The van der Waals surface area contributed by atoms with Crippen LogP contribution in [-0.4, -0.2) is 26.8 Å². The number of benzene rings is 1. The number of hydrogen-bond donors (Lipinski definition) is 2. The maximum absolute atomic E-state index is 12.5. The van der Waals surface area contributed by atoms with Gasteiger partial charge in [0, 0.05) is 19.2 Å². The summed E-state index contributed by atoms with van der Waals surface area (Å²) in [6.07, 6.45) is 2.28. The Bertz CT molecular complexity index is 797. The molecule has 1 aliphatic carbocycles. The first-order valence-electron chi connectivity index (χ1n) is 7.96. The molecule has 1 fully saturated rings. The molecule has 3 atom stereocenters. The molecule has 6 nitrogen and oxygen atoms in total. The highest BCUT2D eigenvalue weighted by atomic mass is 16.4. The van der Waals surface area contributed by atoms with Gasteiger partial charge in [-0.2, -0.15) is 5.10 Å². The van der Waals surface area contributed by atoms with Crippen LogP contribution in [0.15, 0.2) is 30.5 Å². The highest BCUT2D eigenvalue weighted by Gasteiger charge is 2.45. The lowest BCUT2D eigenvalue weighted by molar-refractivity contribution is -0.142. The zero-order chi connectivity index (χ0) is 17.4. The average molecular weight is 327 g/mol. The maximum Gasteiger partial charge on any atom is 0.332 e. The second kappa shape index (κ2) is 6.11. The van der Waals surface area contributed by atoms with Gasteiger partial charge in [-0.15, -0.1) is 0 Å². The molecule has 1 aromatic heterocycles. The Morgan fingerprint density at radius 1 is 1.29 bits per heavy atom. The number of rotatable bonds is 5. The number of hydrogen-bond acceptors (Lipinski definition) is 3. The summed E-state index contributed by atoms with van der Waals surface area (Å²) >= 11 is 0. The summed E-state index contributed by atoms with van der Waals surface area (Å²) in [4.78, 5) is 24.0. The molecule has 0 radical (unpaired) electrons. The Balaban J connectivity index is 1.70. The van der Waals surface area contributed by atoms with Crippen molar-refractivity contribution in [2.75, 3.05) is 0 Å². The third-order valence-corrected chi connectivity index (χ3v) is 4.77. The van der Waals surface area contributed by atoms with E-state index in [4.69, 9.17) is 0 Å². The molecule has 0 saturated heterocycles. The molecule has 1 aliphatic rings. The third-order valence-electron chi connectivity index (χ3n) is 4.77. The molecule has 0 spiro atoms. The molecule has 6 heteroatoms. The molecule has 1 amide bonds. The molecule has 1 unspecified atom stereocenters. The van der Waals surface area contributed by atoms with Gasteiger partial charge in [-0.1, -0.05) is 18.2 Å². The minimum Gasteiger partial charge on any atom is -0.479 e. The van der Waals surface area contributed by atoms with Crippen molar-refractivity contribution in [1.82, 2.24) is 15.1 Å². The van der Waals surface area contributed by atoms with E-state index in [9.17, 15) is 14.7 Å². The van der Waals surface area contributed by atoms with Gasteiger partial charge in [0.15, 0.2) is 6.04 Å². The lowest BCUT2D eigenvalue weighted by atomic mass is 10.0. The minimum absolute atomic E-state index is 0.165. The van der Waals surface area contributed by atoms with E-state index in [1.807, 2.05) is 0 Å². The van der Waals surface area contributed by atoms with Gasteiger partial charge >= 0.3 is 5.97 Å². The molecule has 1 aromatic carbocycles. The monoisotopic (exact) mass is 327 g/mol. The van der Waals surface area contributed by atoms with Gasteiger partial charge in [-0.25, -0.2) is 4.79 Å². The molecule has 24 heavy (non-hydrogen) atoms. The first-order valence-corrected chi connectivity index (χ1v) is 7.96. The van der Waals surface area contributed by atoms with Crippen LogP contribution in [0.25, 0.3) is 0 Å². The number of amides is 1. The van der Waals surface area contributed by atoms with Gasteiger partial charge in [0.25, 0.3) is 0 Å². The van der Waals surface area contributed by atoms with E-state index in [1.165, 1.54) is 22.0 Å². The standard InChI is InChI=1S/C18H21N3O3/c1-10-4-5-12(8-11(10)2)13-9-14(13)17(22)20-16(18(23)24)15-6-7-19-21(15)3/h4-8,13-14,16H,9H2,1-3H3,(H,20,22)(H,23,24)/t13-,14+,16?/m0/s1. The lowest BCUT2D eigenvalue weighted by Gasteiger charge is -2.15. The van der Waals surface area contributed by atoms with Crippen molar-refractivity contribution in [1.29, 1.82) is 0 Å². The number of carbonyl (C=O) groups is 2. The zero-order valence-electron chi connectivity index (χ0n) is 14.0. The Morgan fingerprint density at radius 3 is 2.62 bits per heavy atom. The molecule has 1 saturated carbocycles. The highest BCUT2D eigenvalue weighted by molar-refractivity contribution is 5.88. The lowest BCUT2D eigenvalue weighted by Crippen LogP contribution is -2.36. The maximum atomic E-state index is 12.5. The van der Waals surface area contributed by atoms with Gasteiger partial charge < -0.3 is 10.4 Å². The van der Waals surface area contributed by atoms with Crippen molar-refractivity contribution >= 4 is 11.9 Å². The van der Waals surface area contributed by atoms with Gasteiger partial charge in [-0.05, 0) is 48.9 Å². The second-order valence-corrected chi connectivity index (χ2v) is 6.45. The number of aryl methyl sites for hydroxylation is 3. The molecular weight excluding hydrogens is 306 g/mol. The molecule has 3 rings (SSSR count). The molecule has 126 valence electrons. The van der Waals surface area contributed by atoms with Gasteiger partial charge in [-0.3, -0.25) is 9.48 Å². The molecule has 2 N–H and O–H groups in total. The fourth-order valence-electron chi connectivity index (χ4n) is 3.03. The van der Waals surface area contributed by atoms with Crippen LogP contribution in [0.4, 0.5) is 0 Å². The fraction of sp³-hybridized carbons (Fsp3) is 0.389. The molecule has 0 bridgehead atoms. The predicted molar refractivity (Wildman–Crippen MR) is 88.5 cm³/mol. The molecular formula is C18H21N3O3. The topological polar surface area (TPSA) is 84.2 Å². The summed E-state index contributed by atoms with van der Waals surface area (Å²) in [5.41, 5.74) is 4.03. The Labute approximate surface area is 140 Å². The normalized spacial score (nSPS) is 20.5. The average Bonchev–Trinajstić information content (AvgIpc) is 3.23. The van der Waals surface area contributed by atoms with E-state index in [0.29, 0.717) is 5.69 Å². The molecule has 0 aliphatic heterocycles. The quantitative estimate of drug-likeness (QED) is 0.880. The number of aliphatic carboxylic acids is 1. The SMILES string of the molecule is Cc1ccc([C@@H]2C[C@H]2C(=O)NC(C(=O)O)c2ccnn2C)cc1C. The summed E-state index contributed by atoms with van der Waals surface area (Å²) in [5, 5.41) is 16.0. The fourth-order valence-corrected chi connectivity index (χ4v) is 3.03. The van der Waals surface area contributed by atoms with Crippen LogP contribution in [0.5, 0.6) is 0 Å². The van der Waals surface area contributed by atoms with Gasteiger partial charge in [0.05, 0.1) is 5.69 Å². The van der Waals surface area contributed by atoms with E-state index >= 15 is 0 Å². The van der Waals surface area contributed by atoms with Gasteiger partial charge in [0.2, 0.25) is 5.91 Å². The third kappa shape index (κ3) is 3.04. The van der Waals surface area contributed by atoms with E-state index in [0.717, 1.165) is 12.0 Å². The van der Waals surface area contributed by atoms with Crippen LogP contribution >= 0.6 is 0 Å². The number of carbonyl (C=O) groups excluding carboxylic acids is 1. The van der Waals surface area contributed by atoms with Crippen LogP contribution in [0.3, 0.4) is 0 Å². The van der Waals surface area contributed by atoms with Crippen LogP contribution < -0.4 is 5.32 Å². The van der Waals surface area contributed by atoms with E-state index in [-0.39, 0.29) is 17.7 Å². The van der Waals surface area contributed by atoms with Crippen molar-refractivity contribution in [3.05, 3.63) is 52.8 Å². The smallest absolute Gasteiger partial charge is 0.332 e. The number of aromatic nitrogens is 2. The largest absolute Gasteiger partial charge is 0.479 e. The van der Waals surface area contributed by atoms with E-state index in [2.05, 4.69) is 42.5 Å². The Morgan fingerprint density at radius 2 is 2.04 bits per heavy atom. The first-order chi connectivity index (χ1) is 11.4. The van der Waals surface area contributed by atoms with Crippen LogP contribution in [-0.2, 0) is 16.6 Å². The van der Waals surface area contributed by atoms with Crippen molar-refractivity contribution in [2.45, 2.75) is 32.2 Å². The minimum atomic E-state index is -1.09. The van der Waals surface area contributed by atoms with Crippen molar-refractivity contribution < 1.29 is 14.7 Å². The van der Waals surface area contributed by atoms with Gasteiger partial charge in [0.1, 0.15) is 0 Å². The van der Waals surface area contributed by atoms with Crippen molar-refractivity contribution in [3.63, 3.8) is 0 Å². The summed E-state index contributed by atoms with van der Waals surface area (Å²) in [7, 11) is 1.66. The van der Waals surface area contributed by atoms with E-state index < -0.39 is 12.0 Å². The number of carboxylic acid groups (broad SMARTS) is 1. The second-order valence-electron chi connectivity index (χ2n) is 6.45. The summed E-state index contributed by atoms with van der Waals surface area (Å²) in [6, 6.07) is 6.76. The predicted octanol–water partition coefficient (Wildman–Crippen LogP) is 2.08. The number of nitrogens with zero attached hydrogens (tertiary/aromatic N) is 2. The number of carboxylic acids is 1. The molecule has 1 heterocycles. The Kier molecular flexibility index (Phi) is 4.13. The van der Waals surface area contributed by atoms with Crippen molar-refractivity contribution in [3.8, 4) is 0 Å². The summed E-state index contributed by atoms with van der Waals surface area (Å²) < 4.78 is 1.47. The Hall–Kier alpha value is -2.63.